The molecule has 1 spiro atoms. The molecule has 26 heavy (non-hydrogen) atoms. The van der Waals surface area contributed by atoms with E-state index in [1.165, 1.54) is 6.20 Å². The summed E-state index contributed by atoms with van der Waals surface area (Å²) < 4.78 is 10.4. The molecule has 1 atom stereocenters. The Kier molecular flexibility index (Phi) is 4.58. The van der Waals surface area contributed by atoms with Crippen molar-refractivity contribution in [2.45, 2.75) is 25.3 Å². The van der Waals surface area contributed by atoms with E-state index in [4.69, 9.17) is 9.26 Å². The summed E-state index contributed by atoms with van der Waals surface area (Å²) in [6.07, 6.45) is 7.99. The SMILES string of the molecule is COC[C@@H]1CC2(CCN(C(=O)c3ccno3)CC2)CN1c1ncccn1. The van der Waals surface area contributed by atoms with E-state index >= 15 is 0 Å². The smallest absolute Gasteiger partial charge is 0.292 e. The lowest BCUT2D eigenvalue weighted by Crippen LogP contribution is -2.44. The van der Waals surface area contributed by atoms with Crippen LogP contribution in [0.4, 0.5) is 5.95 Å². The van der Waals surface area contributed by atoms with Gasteiger partial charge in [0.2, 0.25) is 11.7 Å². The largest absolute Gasteiger partial charge is 0.383 e. The van der Waals surface area contributed by atoms with Gasteiger partial charge in [0.1, 0.15) is 0 Å². The van der Waals surface area contributed by atoms with Gasteiger partial charge in [-0.15, -0.1) is 0 Å². The molecular weight excluding hydrogens is 334 g/mol. The number of anilines is 1. The van der Waals surface area contributed by atoms with Gasteiger partial charge in [0, 0.05) is 45.2 Å². The van der Waals surface area contributed by atoms with Crippen LogP contribution in [0.5, 0.6) is 0 Å². The van der Waals surface area contributed by atoms with E-state index in [1.54, 1.807) is 25.6 Å². The highest BCUT2D eigenvalue weighted by Crippen LogP contribution is 2.44. The zero-order chi connectivity index (χ0) is 18.0. The predicted octanol–water partition coefficient (Wildman–Crippen LogP) is 1.61. The Hall–Kier alpha value is -2.48. The summed E-state index contributed by atoms with van der Waals surface area (Å²) >= 11 is 0. The first kappa shape index (κ1) is 17.0. The molecule has 8 heteroatoms. The van der Waals surface area contributed by atoms with Crippen molar-refractivity contribution in [3.05, 3.63) is 36.5 Å². The van der Waals surface area contributed by atoms with Gasteiger partial charge in [-0.25, -0.2) is 9.97 Å². The lowest BCUT2D eigenvalue weighted by atomic mass is 9.76. The van der Waals surface area contributed by atoms with Crippen molar-refractivity contribution in [1.82, 2.24) is 20.0 Å². The Balaban J connectivity index is 1.46. The van der Waals surface area contributed by atoms with Crippen LogP contribution in [0.25, 0.3) is 0 Å². The number of hydrogen-bond donors (Lipinski definition) is 0. The Morgan fingerprint density at radius 1 is 1.31 bits per heavy atom. The third-order valence-electron chi connectivity index (χ3n) is 5.54. The summed E-state index contributed by atoms with van der Waals surface area (Å²) in [7, 11) is 1.73. The predicted molar refractivity (Wildman–Crippen MR) is 93.7 cm³/mol. The highest BCUT2D eigenvalue weighted by Gasteiger charge is 2.47. The molecule has 0 bridgehead atoms. The van der Waals surface area contributed by atoms with Crippen molar-refractivity contribution in [2.75, 3.05) is 38.3 Å². The van der Waals surface area contributed by atoms with Gasteiger partial charge >= 0.3 is 0 Å². The molecule has 4 heterocycles. The second-order valence-corrected chi connectivity index (χ2v) is 7.16. The second-order valence-electron chi connectivity index (χ2n) is 7.16. The molecule has 0 aliphatic carbocycles. The zero-order valence-electron chi connectivity index (χ0n) is 14.9. The topological polar surface area (TPSA) is 84.6 Å². The van der Waals surface area contributed by atoms with E-state index in [0.29, 0.717) is 12.4 Å². The van der Waals surface area contributed by atoms with Crippen molar-refractivity contribution in [3.8, 4) is 0 Å². The number of nitrogens with zero attached hydrogens (tertiary/aromatic N) is 5. The minimum atomic E-state index is -0.0768. The molecule has 0 N–H and O–H groups in total. The van der Waals surface area contributed by atoms with Crippen LogP contribution in [0, 0.1) is 5.41 Å². The first-order chi connectivity index (χ1) is 12.7. The Bertz CT molecular complexity index is 729. The number of likely N-dealkylation sites (tertiary alicyclic amines) is 1. The highest BCUT2D eigenvalue weighted by molar-refractivity contribution is 5.91. The van der Waals surface area contributed by atoms with Crippen LogP contribution in [0.2, 0.25) is 0 Å². The van der Waals surface area contributed by atoms with E-state index < -0.39 is 0 Å². The molecule has 0 aromatic carbocycles. The third-order valence-corrected chi connectivity index (χ3v) is 5.54. The number of aromatic nitrogens is 3. The van der Waals surface area contributed by atoms with Gasteiger partial charge in [-0.05, 0) is 30.7 Å². The maximum atomic E-state index is 12.5. The van der Waals surface area contributed by atoms with Gasteiger partial charge < -0.3 is 19.1 Å². The second kappa shape index (κ2) is 7.03. The summed E-state index contributed by atoms with van der Waals surface area (Å²) in [4.78, 5) is 25.4. The summed E-state index contributed by atoms with van der Waals surface area (Å²) in [5.74, 6) is 0.988. The quantitative estimate of drug-likeness (QED) is 0.822. The fourth-order valence-electron chi connectivity index (χ4n) is 4.21. The maximum Gasteiger partial charge on any atom is 0.292 e. The Morgan fingerprint density at radius 2 is 2.08 bits per heavy atom. The lowest BCUT2D eigenvalue weighted by Gasteiger charge is -2.38. The fourth-order valence-corrected chi connectivity index (χ4v) is 4.21. The van der Waals surface area contributed by atoms with Crippen molar-refractivity contribution in [2.24, 2.45) is 5.41 Å². The summed E-state index contributed by atoms with van der Waals surface area (Å²) in [6, 6.07) is 3.71. The highest BCUT2D eigenvalue weighted by atomic mass is 16.5. The summed E-state index contributed by atoms with van der Waals surface area (Å²) in [5, 5.41) is 3.63. The number of amides is 1. The van der Waals surface area contributed by atoms with Gasteiger partial charge in [-0.3, -0.25) is 4.79 Å². The maximum absolute atomic E-state index is 12.5. The van der Waals surface area contributed by atoms with Gasteiger partial charge in [0.15, 0.2) is 0 Å². The minimum Gasteiger partial charge on any atom is -0.383 e. The number of carbonyl (C=O) groups excluding carboxylic acids is 1. The zero-order valence-corrected chi connectivity index (χ0v) is 14.9. The molecule has 2 aromatic rings. The molecule has 0 radical (unpaired) electrons. The number of methoxy groups -OCH3 is 1. The molecule has 0 unspecified atom stereocenters. The first-order valence-electron chi connectivity index (χ1n) is 8.93. The molecule has 2 fully saturated rings. The number of ether oxygens (including phenoxy) is 1. The van der Waals surface area contributed by atoms with Crippen molar-refractivity contribution < 1.29 is 14.1 Å². The third kappa shape index (κ3) is 3.16. The van der Waals surface area contributed by atoms with Crippen LogP contribution in [0.3, 0.4) is 0 Å². The minimum absolute atomic E-state index is 0.0768. The van der Waals surface area contributed by atoms with Gasteiger partial charge in [0.05, 0.1) is 18.8 Å². The van der Waals surface area contributed by atoms with Gasteiger partial charge in [0.25, 0.3) is 5.91 Å². The lowest BCUT2D eigenvalue weighted by molar-refractivity contribution is 0.0559. The molecule has 1 amide bonds. The van der Waals surface area contributed by atoms with E-state index in [-0.39, 0.29) is 17.4 Å². The van der Waals surface area contributed by atoms with Gasteiger partial charge in [-0.1, -0.05) is 5.16 Å². The monoisotopic (exact) mass is 357 g/mol. The molecule has 2 aliphatic rings. The number of hydrogen-bond acceptors (Lipinski definition) is 7. The first-order valence-corrected chi connectivity index (χ1v) is 8.93. The molecule has 2 saturated heterocycles. The van der Waals surface area contributed by atoms with Crippen molar-refractivity contribution >= 4 is 11.9 Å². The standard InChI is InChI=1S/C18H23N5O3/c1-25-12-14-11-18(13-23(14)17-19-6-2-7-20-17)4-9-22(10-5-18)16(24)15-3-8-21-26-15/h2-3,6-8,14H,4-5,9-13H2,1H3/t14-/m0/s1. The summed E-state index contributed by atoms with van der Waals surface area (Å²) in [6.45, 7) is 3.00. The van der Waals surface area contributed by atoms with Crippen LogP contribution >= 0.6 is 0 Å². The van der Waals surface area contributed by atoms with Crippen molar-refractivity contribution in [1.29, 1.82) is 0 Å². The van der Waals surface area contributed by atoms with E-state index in [2.05, 4.69) is 20.0 Å². The Morgan fingerprint density at radius 3 is 2.73 bits per heavy atom. The van der Waals surface area contributed by atoms with E-state index in [0.717, 1.165) is 44.8 Å². The molecule has 2 aliphatic heterocycles. The number of rotatable bonds is 4. The van der Waals surface area contributed by atoms with Crippen molar-refractivity contribution in [3.63, 3.8) is 0 Å². The van der Waals surface area contributed by atoms with Crippen LogP contribution in [-0.4, -0.2) is 65.3 Å². The summed E-state index contributed by atoms with van der Waals surface area (Å²) in [5.41, 5.74) is 0.167. The molecule has 138 valence electrons. The molecular formula is C18H23N5O3. The Labute approximate surface area is 152 Å². The van der Waals surface area contributed by atoms with Gasteiger partial charge in [-0.2, -0.15) is 0 Å². The van der Waals surface area contributed by atoms with Crippen LogP contribution in [0.15, 0.2) is 35.2 Å². The fraction of sp³-hybridized carbons (Fsp3) is 0.556. The normalized spacial score (nSPS) is 22.1. The number of piperidine rings is 1. The van der Waals surface area contributed by atoms with Crippen LogP contribution < -0.4 is 4.90 Å². The average Bonchev–Trinajstić information content (AvgIpc) is 3.32. The molecule has 0 saturated carbocycles. The molecule has 8 nitrogen and oxygen atoms in total. The van der Waals surface area contributed by atoms with Crippen LogP contribution in [0.1, 0.15) is 29.8 Å². The molecule has 4 rings (SSSR count). The van der Waals surface area contributed by atoms with Crippen LogP contribution in [-0.2, 0) is 4.74 Å². The molecule has 2 aromatic heterocycles. The van der Waals surface area contributed by atoms with E-state index in [1.807, 2.05) is 11.0 Å². The number of carbonyl (C=O) groups is 1. The average molecular weight is 357 g/mol. The van der Waals surface area contributed by atoms with E-state index in [9.17, 15) is 4.79 Å².